The molecule has 1 fully saturated rings. The zero-order valence-corrected chi connectivity index (χ0v) is 7.02. The summed E-state index contributed by atoms with van der Waals surface area (Å²) in [5.74, 6) is 1.000. The minimum atomic E-state index is 0.898. The van der Waals surface area contributed by atoms with Crippen LogP contribution in [0.4, 0.5) is 0 Å². The molecular weight excluding hydrogens is 110 g/mol. The molecule has 1 aliphatic heterocycles. The van der Waals surface area contributed by atoms with E-state index in [0.29, 0.717) is 0 Å². The maximum absolute atomic E-state index is 2.36. The molecular formula is C8H18N+. The highest BCUT2D eigenvalue weighted by atomic mass is 15.4. The van der Waals surface area contributed by atoms with Gasteiger partial charge >= 0.3 is 0 Å². The number of nitrogens with zero attached hydrogens (tertiary/aromatic N) is 1. The van der Waals surface area contributed by atoms with Crippen molar-refractivity contribution in [1.82, 2.24) is 0 Å². The zero-order valence-electron chi connectivity index (χ0n) is 7.02. The second-order valence-corrected chi connectivity index (χ2v) is 3.87. The first-order valence-corrected chi connectivity index (χ1v) is 3.90. The number of rotatable bonds is 1. The molecule has 1 rings (SSSR count). The molecule has 0 bridgehead atoms. The molecule has 1 aliphatic rings. The summed E-state index contributed by atoms with van der Waals surface area (Å²) in [5.41, 5.74) is 0. The van der Waals surface area contributed by atoms with Crippen molar-refractivity contribution in [3.8, 4) is 0 Å². The van der Waals surface area contributed by atoms with Gasteiger partial charge in [0.1, 0.15) is 0 Å². The van der Waals surface area contributed by atoms with Gasteiger partial charge in [0.25, 0.3) is 0 Å². The van der Waals surface area contributed by atoms with Gasteiger partial charge in [-0.05, 0) is 13.3 Å². The largest absolute Gasteiger partial charge is 0.325 e. The van der Waals surface area contributed by atoms with Gasteiger partial charge in [0, 0.05) is 0 Å². The number of quaternary nitrogens is 1. The van der Waals surface area contributed by atoms with E-state index in [1.54, 1.807) is 0 Å². The summed E-state index contributed by atoms with van der Waals surface area (Å²) in [4.78, 5) is 0. The maximum atomic E-state index is 2.36. The highest BCUT2D eigenvalue weighted by Gasteiger charge is 2.43. The molecule has 1 nitrogen and oxygen atoms in total. The molecule has 54 valence electrons. The van der Waals surface area contributed by atoms with E-state index in [4.69, 9.17) is 0 Å². The monoisotopic (exact) mass is 128 g/mol. The molecule has 2 unspecified atom stereocenters. The van der Waals surface area contributed by atoms with Crippen LogP contribution in [0.15, 0.2) is 0 Å². The Labute approximate surface area is 58.3 Å². The highest BCUT2D eigenvalue weighted by molar-refractivity contribution is 4.73. The highest BCUT2D eigenvalue weighted by Crippen LogP contribution is 2.31. The van der Waals surface area contributed by atoms with Crippen LogP contribution < -0.4 is 0 Å². The van der Waals surface area contributed by atoms with Crippen LogP contribution in [0.25, 0.3) is 0 Å². The number of likely N-dealkylation sites (tertiary alicyclic amines) is 1. The third-order valence-electron chi connectivity index (χ3n) is 3.01. The summed E-state index contributed by atoms with van der Waals surface area (Å²) in [5, 5.41) is 0. The molecule has 0 amide bonds. The molecule has 0 aromatic heterocycles. The second-order valence-electron chi connectivity index (χ2n) is 3.87. The molecule has 0 radical (unpaired) electrons. The van der Waals surface area contributed by atoms with E-state index in [0.717, 1.165) is 12.0 Å². The topological polar surface area (TPSA) is 0 Å². The predicted molar refractivity (Wildman–Crippen MR) is 40.2 cm³/mol. The lowest BCUT2D eigenvalue weighted by molar-refractivity contribution is -0.964. The molecule has 0 aromatic rings. The third-order valence-corrected chi connectivity index (χ3v) is 3.01. The van der Waals surface area contributed by atoms with E-state index in [1.165, 1.54) is 17.4 Å². The average molecular weight is 128 g/mol. The molecule has 0 N–H and O–H groups in total. The van der Waals surface area contributed by atoms with E-state index < -0.39 is 0 Å². The van der Waals surface area contributed by atoms with Gasteiger partial charge in [-0.3, -0.25) is 0 Å². The molecule has 1 saturated heterocycles. The summed E-state index contributed by atoms with van der Waals surface area (Å²) in [6.07, 6.45) is 1.36. The van der Waals surface area contributed by atoms with E-state index in [2.05, 4.69) is 27.9 Å². The summed E-state index contributed by atoms with van der Waals surface area (Å²) in [6.45, 7) is 6.04. The summed E-state index contributed by atoms with van der Waals surface area (Å²) in [7, 11) is 4.63. The van der Waals surface area contributed by atoms with Gasteiger partial charge in [-0.2, -0.15) is 0 Å². The number of hydrogen-bond donors (Lipinski definition) is 0. The fourth-order valence-corrected chi connectivity index (χ4v) is 1.83. The lowest BCUT2D eigenvalue weighted by atomic mass is 9.86. The molecule has 0 aliphatic carbocycles. The van der Waals surface area contributed by atoms with Gasteiger partial charge in [0.15, 0.2) is 0 Å². The van der Waals surface area contributed by atoms with Crippen molar-refractivity contribution < 1.29 is 4.48 Å². The van der Waals surface area contributed by atoms with Gasteiger partial charge in [-0.1, -0.05) is 6.92 Å². The average Bonchev–Trinajstić information content (AvgIpc) is 1.82. The first kappa shape index (κ1) is 7.07. The Kier molecular flexibility index (Phi) is 1.55. The molecule has 9 heavy (non-hydrogen) atoms. The van der Waals surface area contributed by atoms with Crippen LogP contribution in [0.5, 0.6) is 0 Å². The van der Waals surface area contributed by atoms with Crippen LogP contribution in [-0.4, -0.2) is 31.2 Å². The summed E-state index contributed by atoms with van der Waals surface area (Å²) < 4.78 is 1.23. The minimum Gasteiger partial charge on any atom is -0.325 e. The van der Waals surface area contributed by atoms with Crippen molar-refractivity contribution in [3.63, 3.8) is 0 Å². The van der Waals surface area contributed by atoms with Crippen LogP contribution in [0.1, 0.15) is 20.3 Å². The quantitative estimate of drug-likeness (QED) is 0.469. The standard InChI is InChI=1S/C8H18N/c1-5-8-6-9(3,4)7(8)2/h7-8H,5-6H2,1-4H3/q+1. The molecule has 0 spiro atoms. The van der Waals surface area contributed by atoms with Crippen molar-refractivity contribution in [3.05, 3.63) is 0 Å². The van der Waals surface area contributed by atoms with Crippen LogP contribution in [-0.2, 0) is 0 Å². The smallest absolute Gasteiger partial charge is 0.0940 e. The summed E-state index contributed by atoms with van der Waals surface area (Å²) >= 11 is 0. The Morgan fingerprint density at radius 2 is 2.00 bits per heavy atom. The SMILES string of the molecule is CCC1C[N+](C)(C)C1C. The van der Waals surface area contributed by atoms with Gasteiger partial charge < -0.3 is 4.48 Å². The van der Waals surface area contributed by atoms with Crippen molar-refractivity contribution in [2.75, 3.05) is 20.6 Å². The van der Waals surface area contributed by atoms with Gasteiger partial charge in [-0.15, -0.1) is 0 Å². The lowest BCUT2D eigenvalue weighted by Crippen LogP contribution is -2.64. The van der Waals surface area contributed by atoms with E-state index in [9.17, 15) is 0 Å². The maximum Gasteiger partial charge on any atom is 0.0940 e. The van der Waals surface area contributed by atoms with Crippen LogP contribution >= 0.6 is 0 Å². The van der Waals surface area contributed by atoms with Crippen LogP contribution in [0, 0.1) is 5.92 Å². The van der Waals surface area contributed by atoms with Gasteiger partial charge in [0.2, 0.25) is 0 Å². The fourth-order valence-electron chi connectivity index (χ4n) is 1.83. The Morgan fingerprint density at radius 3 is 2.11 bits per heavy atom. The van der Waals surface area contributed by atoms with Crippen molar-refractivity contribution in [1.29, 1.82) is 0 Å². The van der Waals surface area contributed by atoms with Crippen LogP contribution in [0.2, 0.25) is 0 Å². The molecule has 0 aromatic carbocycles. The molecule has 1 heteroatoms. The Hall–Kier alpha value is -0.0400. The minimum absolute atomic E-state index is 0.898. The zero-order chi connectivity index (χ0) is 7.07. The van der Waals surface area contributed by atoms with Gasteiger partial charge in [-0.25, -0.2) is 0 Å². The molecule has 2 atom stereocenters. The van der Waals surface area contributed by atoms with Crippen molar-refractivity contribution in [2.24, 2.45) is 5.92 Å². The Balaban J connectivity index is 2.41. The van der Waals surface area contributed by atoms with Crippen molar-refractivity contribution >= 4 is 0 Å². The summed E-state index contributed by atoms with van der Waals surface area (Å²) in [6, 6.07) is 0.898. The van der Waals surface area contributed by atoms with Gasteiger partial charge in [0.05, 0.1) is 32.6 Å². The third kappa shape index (κ3) is 0.983. The van der Waals surface area contributed by atoms with E-state index >= 15 is 0 Å². The molecule has 0 saturated carbocycles. The Bertz CT molecular complexity index is 107. The lowest BCUT2D eigenvalue weighted by Gasteiger charge is -2.51. The Morgan fingerprint density at radius 1 is 1.44 bits per heavy atom. The molecule has 1 heterocycles. The fraction of sp³-hybridized carbons (Fsp3) is 1.00. The predicted octanol–water partition coefficient (Wildman–Crippen LogP) is 1.49. The normalized spacial score (nSPS) is 40.0. The van der Waals surface area contributed by atoms with E-state index in [-0.39, 0.29) is 0 Å². The number of hydrogen-bond acceptors (Lipinski definition) is 0. The van der Waals surface area contributed by atoms with Crippen molar-refractivity contribution in [2.45, 2.75) is 26.3 Å². The second kappa shape index (κ2) is 1.98. The first-order valence-electron chi connectivity index (χ1n) is 3.90. The first-order chi connectivity index (χ1) is 4.08. The van der Waals surface area contributed by atoms with E-state index in [1.807, 2.05) is 0 Å². The van der Waals surface area contributed by atoms with Crippen LogP contribution in [0.3, 0.4) is 0 Å².